The Bertz CT molecular complexity index is 419. The summed E-state index contributed by atoms with van der Waals surface area (Å²) < 4.78 is 0. The van der Waals surface area contributed by atoms with E-state index >= 15 is 0 Å². The second-order valence-electron chi connectivity index (χ2n) is 5.10. The first-order valence-corrected chi connectivity index (χ1v) is 7.53. The molecule has 0 unspecified atom stereocenters. The Morgan fingerprint density at radius 2 is 2.00 bits per heavy atom. The van der Waals surface area contributed by atoms with Gasteiger partial charge in [0.25, 0.3) is 0 Å². The highest BCUT2D eigenvalue weighted by molar-refractivity contribution is 5.87. The van der Waals surface area contributed by atoms with E-state index in [0.717, 1.165) is 45.7 Å². The minimum atomic E-state index is -0.230. The van der Waals surface area contributed by atoms with Crippen molar-refractivity contribution in [3.63, 3.8) is 0 Å². The van der Waals surface area contributed by atoms with Crippen LogP contribution in [0.2, 0.25) is 0 Å². The van der Waals surface area contributed by atoms with E-state index in [-0.39, 0.29) is 6.03 Å². The van der Waals surface area contributed by atoms with Gasteiger partial charge in [-0.3, -0.25) is 10.3 Å². The van der Waals surface area contributed by atoms with Crippen LogP contribution in [0.3, 0.4) is 0 Å². The summed E-state index contributed by atoms with van der Waals surface area (Å²) in [6.45, 7) is 9.59. The van der Waals surface area contributed by atoms with Crippen LogP contribution in [0.5, 0.6) is 0 Å². The zero-order valence-corrected chi connectivity index (χ0v) is 12.6. The summed E-state index contributed by atoms with van der Waals surface area (Å²) in [4.78, 5) is 24.4. The minimum absolute atomic E-state index is 0.230. The molecule has 2 amide bonds. The molecule has 1 fully saturated rings. The molecule has 0 atom stereocenters. The summed E-state index contributed by atoms with van der Waals surface area (Å²) in [6.07, 6.45) is 5.60. The molecule has 2 heterocycles. The number of amides is 2. The van der Waals surface area contributed by atoms with Crippen LogP contribution in [-0.4, -0.2) is 71.6 Å². The molecule has 2 rings (SSSR count). The van der Waals surface area contributed by atoms with Crippen molar-refractivity contribution in [1.82, 2.24) is 25.1 Å². The summed E-state index contributed by atoms with van der Waals surface area (Å²) in [5.74, 6) is 0.464. The molecule has 0 aromatic carbocycles. The summed E-state index contributed by atoms with van der Waals surface area (Å²) >= 11 is 0. The van der Waals surface area contributed by atoms with E-state index in [1.807, 2.05) is 0 Å². The maximum Gasteiger partial charge on any atom is 0.320 e. The van der Waals surface area contributed by atoms with Gasteiger partial charge in [-0.05, 0) is 19.5 Å². The number of hydrogen-bond acceptors (Lipinski definition) is 5. The third-order valence-corrected chi connectivity index (χ3v) is 3.65. The molecular formula is C14H24N6O. The van der Waals surface area contributed by atoms with Crippen LogP contribution in [0, 0.1) is 0 Å². The zero-order valence-electron chi connectivity index (χ0n) is 12.6. The molecule has 1 aliphatic rings. The first-order valence-electron chi connectivity index (χ1n) is 7.53. The lowest BCUT2D eigenvalue weighted by molar-refractivity contribution is 0.136. The van der Waals surface area contributed by atoms with E-state index in [2.05, 4.69) is 37.3 Å². The van der Waals surface area contributed by atoms with Crippen molar-refractivity contribution < 1.29 is 4.79 Å². The first-order chi connectivity index (χ1) is 10.3. The van der Waals surface area contributed by atoms with E-state index in [0.29, 0.717) is 12.4 Å². The number of piperazine rings is 1. The lowest BCUT2D eigenvalue weighted by atomic mass is 10.3. The Balaban J connectivity index is 1.54. The first kappa shape index (κ1) is 15.7. The number of carbonyl (C=O) groups is 1. The molecule has 21 heavy (non-hydrogen) atoms. The molecule has 116 valence electrons. The van der Waals surface area contributed by atoms with Crippen LogP contribution in [0.1, 0.15) is 13.3 Å². The van der Waals surface area contributed by atoms with E-state index in [9.17, 15) is 4.79 Å². The zero-order chi connectivity index (χ0) is 14.9. The smallest absolute Gasteiger partial charge is 0.320 e. The van der Waals surface area contributed by atoms with Crippen molar-refractivity contribution in [3.05, 3.63) is 18.6 Å². The Hall–Kier alpha value is -1.73. The molecule has 1 aromatic heterocycles. The Labute approximate surface area is 125 Å². The van der Waals surface area contributed by atoms with Gasteiger partial charge in [0.05, 0.1) is 6.20 Å². The quantitative estimate of drug-likeness (QED) is 0.752. The van der Waals surface area contributed by atoms with Crippen LogP contribution in [0.25, 0.3) is 0 Å². The number of rotatable bonds is 6. The fraction of sp³-hybridized carbons (Fsp3) is 0.643. The average molecular weight is 292 g/mol. The Kier molecular flexibility index (Phi) is 6.36. The number of nitrogens with one attached hydrogen (secondary N) is 2. The second kappa shape index (κ2) is 8.53. The fourth-order valence-electron chi connectivity index (χ4n) is 2.36. The van der Waals surface area contributed by atoms with E-state index in [1.54, 1.807) is 12.4 Å². The topological polar surface area (TPSA) is 73.4 Å². The Morgan fingerprint density at radius 3 is 2.67 bits per heavy atom. The highest BCUT2D eigenvalue weighted by atomic mass is 16.2. The maximum absolute atomic E-state index is 11.6. The summed E-state index contributed by atoms with van der Waals surface area (Å²) in [5.41, 5.74) is 0. The van der Waals surface area contributed by atoms with Crippen molar-refractivity contribution in [2.24, 2.45) is 0 Å². The summed E-state index contributed by atoms with van der Waals surface area (Å²) in [5, 5.41) is 5.49. The van der Waals surface area contributed by atoms with Crippen molar-refractivity contribution in [3.8, 4) is 0 Å². The monoisotopic (exact) mass is 292 g/mol. The predicted molar refractivity (Wildman–Crippen MR) is 82.2 cm³/mol. The van der Waals surface area contributed by atoms with Gasteiger partial charge in [-0.25, -0.2) is 9.78 Å². The number of urea groups is 1. The van der Waals surface area contributed by atoms with Gasteiger partial charge in [-0.15, -0.1) is 0 Å². The number of aromatic nitrogens is 2. The van der Waals surface area contributed by atoms with Gasteiger partial charge in [0, 0.05) is 45.1 Å². The number of carbonyl (C=O) groups excluding carboxylic acids is 1. The molecule has 1 aromatic rings. The maximum atomic E-state index is 11.6. The molecule has 2 N–H and O–H groups in total. The molecule has 1 aliphatic heterocycles. The third kappa shape index (κ3) is 5.65. The third-order valence-electron chi connectivity index (χ3n) is 3.65. The van der Waals surface area contributed by atoms with E-state index in [1.165, 1.54) is 6.20 Å². The van der Waals surface area contributed by atoms with Gasteiger partial charge < -0.3 is 15.1 Å². The van der Waals surface area contributed by atoms with Crippen molar-refractivity contribution in [1.29, 1.82) is 0 Å². The number of likely N-dealkylation sites (N-methyl/N-ethyl adjacent to an activating group) is 1. The number of hydrogen-bond donors (Lipinski definition) is 2. The predicted octanol–water partition coefficient (Wildman–Crippen LogP) is 0.626. The van der Waals surface area contributed by atoms with Crippen LogP contribution in [-0.2, 0) is 0 Å². The van der Waals surface area contributed by atoms with Gasteiger partial charge in [0.2, 0.25) is 0 Å². The number of anilines is 1. The molecular weight excluding hydrogens is 268 g/mol. The van der Waals surface area contributed by atoms with Crippen LogP contribution >= 0.6 is 0 Å². The van der Waals surface area contributed by atoms with Gasteiger partial charge in [0.15, 0.2) is 5.82 Å². The van der Waals surface area contributed by atoms with Gasteiger partial charge in [-0.1, -0.05) is 6.92 Å². The van der Waals surface area contributed by atoms with Crippen molar-refractivity contribution in [2.45, 2.75) is 13.3 Å². The molecule has 0 spiro atoms. The molecule has 7 nitrogen and oxygen atoms in total. The van der Waals surface area contributed by atoms with E-state index in [4.69, 9.17) is 0 Å². The lowest BCUT2D eigenvalue weighted by Crippen LogP contribution is -2.46. The highest BCUT2D eigenvalue weighted by Gasteiger charge is 2.14. The Morgan fingerprint density at radius 1 is 1.24 bits per heavy atom. The van der Waals surface area contributed by atoms with Crippen molar-refractivity contribution in [2.75, 3.05) is 51.1 Å². The fourth-order valence-corrected chi connectivity index (χ4v) is 2.36. The largest absolute Gasteiger partial charge is 0.338 e. The second-order valence-corrected chi connectivity index (χ2v) is 5.10. The van der Waals surface area contributed by atoms with Gasteiger partial charge in [0.1, 0.15) is 0 Å². The molecule has 0 bridgehead atoms. The van der Waals surface area contributed by atoms with Crippen LogP contribution in [0.4, 0.5) is 10.6 Å². The molecule has 7 heteroatoms. The lowest BCUT2D eigenvalue weighted by Gasteiger charge is -2.33. The molecule has 0 radical (unpaired) electrons. The van der Waals surface area contributed by atoms with Gasteiger partial charge in [-0.2, -0.15) is 0 Å². The highest BCUT2D eigenvalue weighted by Crippen LogP contribution is 2.01. The summed E-state index contributed by atoms with van der Waals surface area (Å²) in [6, 6.07) is -0.230. The summed E-state index contributed by atoms with van der Waals surface area (Å²) in [7, 11) is 0. The number of nitrogens with zero attached hydrogens (tertiary/aromatic N) is 4. The van der Waals surface area contributed by atoms with Gasteiger partial charge >= 0.3 is 6.03 Å². The average Bonchev–Trinajstić information content (AvgIpc) is 2.53. The normalized spacial score (nSPS) is 16.6. The minimum Gasteiger partial charge on any atom is -0.338 e. The standard InChI is InChI=1S/C14H24N6O/c1-2-19-8-10-20(11-9-19)7-3-4-17-14(21)18-13-12-15-5-6-16-13/h5-6,12H,2-4,7-11H2,1H3,(H2,16,17,18,21). The van der Waals surface area contributed by atoms with E-state index < -0.39 is 0 Å². The SMILES string of the molecule is CCN1CCN(CCCNC(=O)Nc2cnccn2)CC1. The molecule has 0 saturated carbocycles. The van der Waals surface area contributed by atoms with Crippen LogP contribution in [0.15, 0.2) is 18.6 Å². The molecule has 0 aliphatic carbocycles. The van der Waals surface area contributed by atoms with Crippen molar-refractivity contribution >= 4 is 11.8 Å². The van der Waals surface area contributed by atoms with Crippen LogP contribution < -0.4 is 10.6 Å². The molecule has 1 saturated heterocycles.